The zero-order chi connectivity index (χ0) is 13.7. The fourth-order valence-corrected chi connectivity index (χ4v) is 2.74. The number of hydrogen-bond acceptors (Lipinski definition) is 1. The second kappa shape index (κ2) is 6.92. The Balaban J connectivity index is 2.11. The smallest absolute Gasteiger partial charge is 0.0481 e. The molecule has 0 aliphatic heterocycles. The predicted octanol–water partition coefficient (Wildman–Crippen LogP) is 4.36. The Morgan fingerprint density at radius 1 is 1.21 bits per heavy atom. The van der Waals surface area contributed by atoms with Crippen LogP contribution in [0.4, 0.5) is 0 Å². The fraction of sp³-hybridized carbons (Fsp3) is 0.375. The van der Waals surface area contributed by atoms with Crippen LogP contribution in [0.15, 0.2) is 47.2 Å². The van der Waals surface area contributed by atoms with Gasteiger partial charge >= 0.3 is 0 Å². The van der Waals surface area contributed by atoms with E-state index >= 15 is 0 Å². The number of benzene rings is 1. The molecule has 1 N–H and O–H groups in total. The van der Waals surface area contributed by atoms with Gasteiger partial charge in [-0.1, -0.05) is 48.0 Å². The highest BCUT2D eigenvalue weighted by atomic mass is 79.9. The molecule has 0 amide bonds. The second-order valence-corrected chi connectivity index (χ2v) is 5.58. The van der Waals surface area contributed by atoms with Crippen LogP contribution in [0, 0.1) is 0 Å². The van der Waals surface area contributed by atoms with Crippen LogP contribution < -0.4 is 5.32 Å². The lowest BCUT2D eigenvalue weighted by Gasteiger charge is -2.14. The van der Waals surface area contributed by atoms with Gasteiger partial charge in [0.25, 0.3) is 0 Å². The third kappa shape index (κ3) is 3.71. The largest absolute Gasteiger partial charge is 0.350 e. The third-order valence-electron chi connectivity index (χ3n) is 3.35. The maximum absolute atomic E-state index is 3.60. The Labute approximate surface area is 124 Å². The molecule has 0 saturated carbocycles. The Morgan fingerprint density at radius 3 is 2.68 bits per heavy atom. The van der Waals surface area contributed by atoms with E-state index in [4.69, 9.17) is 0 Å². The van der Waals surface area contributed by atoms with Crippen molar-refractivity contribution in [1.29, 1.82) is 0 Å². The first kappa shape index (κ1) is 14.4. The van der Waals surface area contributed by atoms with Crippen LogP contribution >= 0.6 is 15.9 Å². The molecule has 2 rings (SSSR count). The molecule has 0 aliphatic rings. The van der Waals surface area contributed by atoms with Crippen molar-refractivity contribution in [3.8, 4) is 0 Å². The first-order valence-electron chi connectivity index (χ1n) is 6.87. The molecule has 1 heterocycles. The van der Waals surface area contributed by atoms with E-state index in [2.05, 4.69) is 76.3 Å². The highest BCUT2D eigenvalue weighted by molar-refractivity contribution is 9.10. The molecule has 2 nitrogen and oxygen atoms in total. The molecule has 0 radical (unpaired) electrons. The van der Waals surface area contributed by atoms with Crippen LogP contribution in [0.2, 0.25) is 0 Å². The summed E-state index contributed by atoms with van der Waals surface area (Å²) >= 11 is 3.60. The predicted molar refractivity (Wildman–Crippen MR) is 84.4 cm³/mol. The molecule has 1 atom stereocenters. The van der Waals surface area contributed by atoms with E-state index in [1.54, 1.807) is 0 Å². The molecule has 1 unspecified atom stereocenters. The summed E-state index contributed by atoms with van der Waals surface area (Å²) in [6.07, 6.45) is 5.53. The van der Waals surface area contributed by atoms with Gasteiger partial charge in [-0.05, 0) is 36.2 Å². The van der Waals surface area contributed by atoms with Gasteiger partial charge in [0, 0.05) is 29.5 Å². The van der Waals surface area contributed by atoms with E-state index in [1.807, 2.05) is 6.07 Å². The number of halogens is 1. The number of aromatic nitrogens is 1. The summed E-state index contributed by atoms with van der Waals surface area (Å²) < 4.78 is 3.42. The minimum absolute atomic E-state index is 0.463. The Bertz CT molecular complexity index is 519. The first-order chi connectivity index (χ1) is 9.24. The standard InChI is InChI=1S/C16H21BrN2/c1-3-16(18-4-2)14-9-10-19(12-14)11-13-7-5-6-8-15(13)17/h5-10,12,16,18H,3-4,11H2,1-2H3. The van der Waals surface area contributed by atoms with Crippen molar-refractivity contribution in [3.05, 3.63) is 58.3 Å². The van der Waals surface area contributed by atoms with Crippen molar-refractivity contribution in [3.63, 3.8) is 0 Å². The van der Waals surface area contributed by atoms with Gasteiger partial charge in [-0.15, -0.1) is 0 Å². The van der Waals surface area contributed by atoms with E-state index in [0.717, 1.165) is 19.5 Å². The molecule has 0 fully saturated rings. The van der Waals surface area contributed by atoms with Crippen LogP contribution in [0.25, 0.3) is 0 Å². The summed E-state index contributed by atoms with van der Waals surface area (Å²) in [6.45, 7) is 6.29. The lowest BCUT2D eigenvalue weighted by molar-refractivity contribution is 0.536. The molecular formula is C16H21BrN2. The van der Waals surface area contributed by atoms with Gasteiger partial charge in [-0.25, -0.2) is 0 Å². The van der Waals surface area contributed by atoms with Crippen molar-refractivity contribution in [2.24, 2.45) is 0 Å². The van der Waals surface area contributed by atoms with Crippen LogP contribution in [0.5, 0.6) is 0 Å². The zero-order valence-corrected chi connectivity index (χ0v) is 13.2. The molecule has 1 aromatic carbocycles. The van der Waals surface area contributed by atoms with Crippen molar-refractivity contribution in [2.45, 2.75) is 32.9 Å². The third-order valence-corrected chi connectivity index (χ3v) is 4.12. The van der Waals surface area contributed by atoms with Gasteiger partial charge in [-0.3, -0.25) is 0 Å². The fourth-order valence-electron chi connectivity index (χ4n) is 2.33. The van der Waals surface area contributed by atoms with E-state index < -0.39 is 0 Å². The molecule has 0 aliphatic carbocycles. The van der Waals surface area contributed by atoms with Crippen LogP contribution in [-0.2, 0) is 6.54 Å². The molecule has 1 aromatic heterocycles. The van der Waals surface area contributed by atoms with Crippen LogP contribution in [0.1, 0.15) is 37.4 Å². The van der Waals surface area contributed by atoms with Crippen molar-refractivity contribution < 1.29 is 0 Å². The first-order valence-corrected chi connectivity index (χ1v) is 7.66. The maximum Gasteiger partial charge on any atom is 0.0481 e. The van der Waals surface area contributed by atoms with Crippen molar-refractivity contribution >= 4 is 15.9 Å². The van der Waals surface area contributed by atoms with Crippen LogP contribution in [-0.4, -0.2) is 11.1 Å². The van der Waals surface area contributed by atoms with Gasteiger partial charge in [0.05, 0.1) is 0 Å². The summed E-state index contributed by atoms with van der Waals surface area (Å²) in [5.74, 6) is 0. The van der Waals surface area contributed by atoms with E-state index in [-0.39, 0.29) is 0 Å². The number of nitrogens with zero attached hydrogens (tertiary/aromatic N) is 1. The minimum atomic E-state index is 0.463. The SMILES string of the molecule is CCNC(CC)c1ccn(Cc2ccccc2Br)c1. The average Bonchev–Trinajstić information content (AvgIpc) is 2.87. The van der Waals surface area contributed by atoms with Crippen LogP contribution in [0.3, 0.4) is 0 Å². The van der Waals surface area contributed by atoms with Gasteiger partial charge in [-0.2, -0.15) is 0 Å². The van der Waals surface area contributed by atoms with Gasteiger partial charge in [0.2, 0.25) is 0 Å². The number of hydrogen-bond donors (Lipinski definition) is 1. The lowest BCUT2D eigenvalue weighted by Crippen LogP contribution is -2.19. The molecule has 2 aromatic rings. The maximum atomic E-state index is 3.60. The molecular weight excluding hydrogens is 300 g/mol. The molecule has 0 bridgehead atoms. The van der Waals surface area contributed by atoms with Crippen molar-refractivity contribution in [2.75, 3.05) is 6.54 Å². The number of nitrogens with one attached hydrogen (secondary N) is 1. The van der Waals surface area contributed by atoms with E-state index in [1.165, 1.54) is 15.6 Å². The summed E-state index contributed by atoms with van der Waals surface area (Å²) in [7, 11) is 0. The van der Waals surface area contributed by atoms with Gasteiger partial charge in [0.1, 0.15) is 0 Å². The molecule has 0 spiro atoms. The highest BCUT2D eigenvalue weighted by Crippen LogP contribution is 2.20. The lowest BCUT2D eigenvalue weighted by atomic mass is 10.1. The molecule has 3 heteroatoms. The highest BCUT2D eigenvalue weighted by Gasteiger charge is 2.09. The van der Waals surface area contributed by atoms with Gasteiger partial charge < -0.3 is 9.88 Å². The van der Waals surface area contributed by atoms with Gasteiger partial charge in [0.15, 0.2) is 0 Å². The second-order valence-electron chi connectivity index (χ2n) is 4.73. The van der Waals surface area contributed by atoms with Crippen molar-refractivity contribution in [1.82, 2.24) is 9.88 Å². The zero-order valence-electron chi connectivity index (χ0n) is 11.6. The topological polar surface area (TPSA) is 17.0 Å². The molecule has 19 heavy (non-hydrogen) atoms. The Hall–Kier alpha value is -1.06. The normalized spacial score (nSPS) is 12.6. The van der Waals surface area contributed by atoms with E-state index in [0.29, 0.717) is 6.04 Å². The monoisotopic (exact) mass is 320 g/mol. The minimum Gasteiger partial charge on any atom is -0.350 e. The summed E-state index contributed by atoms with van der Waals surface area (Å²) in [6, 6.07) is 11.1. The summed E-state index contributed by atoms with van der Waals surface area (Å²) in [5, 5.41) is 3.51. The quantitative estimate of drug-likeness (QED) is 0.836. The number of rotatable bonds is 6. The van der Waals surface area contributed by atoms with E-state index in [9.17, 15) is 0 Å². The Morgan fingerprint density at radius 2 is 2.00 bits per heavy atom. The molecule has 102 valence electrons. The summed E-state index contributed by atoms with van der Waals surface area (Å²) in [5.41, 5.74) is 2.68. The summed E-state index contributed by atoms with van der Waals surface area (Å²) in [4.78, 5) is 0. The average molecular weight is 321 g/mol. The molecule has 0 saturated heterocycles. The Kier molecular flexibility index (Phi) is 5.23.